The molecule has 0 unspecified atom stereocenters. The summed E-state index contributed by atoms with van der Waals surface area (Å²) < 4.78 is 0. The van der Waals surface area contributed by atoms with Gasteiger partial charge in [0, 0.05) is 17.1 Å². The molecule has 1 nitrogen and oxygen atoms in total. The van der Waals surface area contributed by atoms with E-state index >= 15 is 0 Å². The standard InChI is InChI=1S/C6H12N.Mn/c7-6-4-2-1-3-5-6;/h2,6H,1,3-5,7H2;/q-1;/t6-;/m0./s1. The maximum Gasteiger partial charge on any atom is 0 e. The minimum atomic E-state index is 0. The van der Waals surface area contributed by atoms with Crippen molar-refractivity contribution in [2.24, 2.45) is 5.73 Å². The SMILES string of the molecule is N[C@H]1C[CH-]CCC1.[Mn]. The van der Waals surface area contributed by atoms with Crippen LogP contribution in [0.25, 0.3) is 0 Å². The molecule has 0 aromatic rings. The fourth-order valence-electron chi connectivity index (χ4n) is 0.974. The van der Waals surface area contributed by atoms with Crippen LogP contribution in [0.3, 0.4) is 0 Å². The van der Waals surface area contributed by atoms with Crippen LogP contribution in [0.4, 0.5) is 0 Å². The van der Waals surface area contributed by atoms with Gasteiger partial charge < -0.3 is 12.2 Å². The first kappa shape index (κ1) is 8.48. The average molecular weight is 153 g/mol. The van der Waals surface area contributed by atoms with Crippen molar-refractivity contribution in [3.05, 3.63) is 6.42 Å². The summed E-state index contributed by atoms with van der Waals surface area (Å²) in [7, 11) is 0. The third-order valence-electron chi connectivity index (χ3n) is 1.45. The number of rotatable bonds is 0. The van der Waals surface area contributed by atoms with Crippen molar-refractivity contribution in [1.29, 1.82) is 0 Å². The Morgan fingerprint density at radius 1 is 1.50 bits per heavy atom. The van der Waals surface area contributed by atoms with Crippen molar-refractivity contribution in [1.82, 2.24) is 0 Å². The molecular formula is C6H12MnN-. The average Bonchev–Trinajstić information content (AvgIpc) is 1.69. The zero-order valence-corrected chi connectivity index (χ0v) is 6.12. The van der Waals surface area contributed by atoms with E-state index in [1.165, 1.54) is 19.3 Å². The Labute approximate surface area is 61.5 Å². The molecule has 0 saturated heterocycles. The topological polar surface area (TPSA) is 26.0 Å². The Morgan fingerprint density at radius 2 is 2.25 bits per heavy atom. The quantitative estimate of drug-likeness (QED) is 0.409. The molecule has 0 aromatic heterocycles. The van der Waals surface area contributed by atoms with Gasteiger partial charge >= 0.3 is 0 Å². The molecule has 0 heterocycles. The molecule has 0 aliphatic heterocycles. The van der Waals surface area contributed by atoms with E-state index in [2.05, 4.69) is 6.42 Å². The van der Waals surface area contributed by atoms with Crippen LogP contribution in [0.5, 0.6) is 0 Å². The molecule has 0 aromatic carbocycles. The molecule has 2 N–H and O–H groups in total. The van der Waals surface area contributed by atoms with Gasteiger partial charge in [0.15, 0.2) is 0 Å². The Bertz CT molecular complexity index is 50.5. The second-order valence-electron chi connectivity index (χ2n) is 2.22. The molecular weight excluding hydrogens is 141 g/mol. The summed E-state index contributed by atoms with van der Waals surface area (Å²) in [4.78, 5) is 0. The van der Waals surface area contributed by atoms with Crippen molar-refractivity contribution in [2.75, 3.05) is 0 Å². The van der Waals surface area contributed by atoms with E-state index < -0.39 is 0 Å². The van der Waals surface area contributed by atoms with Crippen LogP contribution in [0.2, 0.25) is 0 Å². The molecule has 0 spiro atoms. The van der Waals surface area contributed by atoms with Gasteiger partial charge in [-0.3, -0.25) is 0 Å². The van der Waals surface area contributed by atoms with Gasteiger partial charge in [-0.1, -0.05) is 6.42 Å². The first-order valence-corrected chi connectivity index (χ1v) is 2.97. The van der Waals surface area contributed by atoms with Crippen molar-refractivity contribution in [2.45, 2.75) is 31.7 Å². The Kier molecular flexibility index (Phi) is 4.63. The van der Waals surface area contributed by atoms with E-state index in [1.807, 2.05) is 0 Å². The molecule has 0 amide bonds. The summed E-state index contributed by atoms with van der Waals surface area (Å²) >= 11 is 0. The van der Waals surface area contributed by atoms with E-state index in [1.54, 1.807) is 0 Å². The third-order valence-corrected chi connectivity index (χ3v) is 1.45. The predicted octanol–water partition coefficient (Wildman–Crippen LogP) is 1.09. The molecule has 49 valence electrons. The zero-order valence-electron chi connectivity index (χ0n) is 4.94. The van der Waals surface area contributed by atoms with Crippen LogP contribution in [0.1, 0.15) is 25.7 Å². The van der Waals surface area contributed by atoms with Gasteiger partial charge in [0.1, 0.15) is 0 Å². The van der Waals surface area contributed by atoms with Gasteiger partial charge in [0.25, 0.3) is 0 Å². The van der Waals surface area contributed by atoms with Gasteiger partial charge in [-0.25, -0.2) is 0 Å². The van der Waals surface area contributed by atoms with Crippen molar-refractivity contribution < 1.29 is 17.1 Å². The second-order valence-corrected chi connectivity index (χ2v) is 2.22. The summed E-state index contributed by atoms with van der Waals surface area (Å²) in [5.74, 6) is 0. The van der Waals surface area contributed by atoms with Crippen molar-refractivity contribution in [3.63, 3.8) is 0 Å². The smallest absolute Gasteiger partial charge is 0 e. The maximum atomic E-state index is 5.60. The minimum Gasteiger partial charge on any atom is -0.330 e. The Hall–Kier alpha value is 0.479. The van der Waals surface area contributed by atoms with Gasteiger partial charge in [0.2, 0.25) is 0 Å². The minimum absolute atomic E-state index is 0. The Balaban J connectivity index is 0.000000490. The van der Waals surface area contributed by atoms with Crippen LogP contribution in [-0.2, 0) is 17.1 Å². The summed E-state index contributed by atoms with van der Waals surface area (Å²) in [5.41, 5.74) is 5.60. The van der Waals surface area contributed by atoms with Crippen molar-refractivity contribution >= 4 is 0 Å². The van der Waals surface area contributed by atoms with E-state index in [-0.39, 0.29) is 17.1 Å². The zero-order chi connectivity index (χ0) is 5.11. The number of hydrogen-bond donors (Lipinski definition) is 1. The molecule has 1 atom stereocenters. The normalized spacial score (nSPS) is 28.9. The van der Waals surface area contributed by atoms with Gasteiger partial charge in [-0.2, -0.15) is 12.8 Å². The van der Waals surface area contributed by atoms with Crippen LogP contribution >= 0.6 is 0 Å². The van der Waals surface area contributed by atoms with Crippen LogP contribution in [0.15, 0.2) is 0 Å². The summed E-state index contributed by atoms with van der Waals surface area (Å²) in [5, 5.41) is 0. The van der Waals surface area contributed by atoms with E-state index in [9.17, 15) is 0 Å². The van der Waals surface area contributed by atoms with Crippen LogP contribution in [0, 0.1) is 6.42 Å². The van der Waals surface area contributed by atoms with Crippen molar-refractivity contribution in [3.8, 4) is 0 Å². The predicted molar refractivity (Wildman–Crippen MR) is 30.7 cm³/mol. The summed E-state index contributed by atoms with van der Waals surface area (Å²) in [6.07, 6.45) is 7.25. The maximum absolute atomic E-state index is 5.60. The third kappa shape index (κ3) is 2.71. The molecule has 2 heteroatoms. The number of hydrogen-bond acceptors (Lipinski definition) is 1. The molecule has 8 heavy (non-hydrogen) atoms. The Morgan fingerprint density at radius 3 is 2.50 bits per heavy atom. The molecule has 1 saturated carbocycles. The van der Waals surface area contributed by atoms with Gasteiger partial charge in [-0.05, 0) is 12.5 Å². The van der Waals surface area contributed by atoms with E-state index in [0.29, 0.717) is 6.04 Å². The summed E-state index contributed by atoms with van der Waals surface area (Å²) in [6, 6.07) is 0.480. The largest absolute Gasteiger partial charge is 0.330 e. The first-order chi connectivity index (χ1) is 3.39. The fourth-order valence-corrected chi connectivity index (χ4v) is 0.974. The molecule has 1 radical (unpaired) electrons. The molecule has 0 bridgehead atoms. The fraction of sp³-hybridized carbons (Fsp3) is 0.833. The number of nitrogens with two attached hydrogens (primary N) is 1. The molecule has 1 aliphatic carbocycles. The van der Waals surface area contributed by atoms with Crippen LogP contribution < -0.4 is 5.73 Å². The van der Waals surface area contributed by atoms with Crippen LogP contribution in [-0.4, -0.2) is 6.04 Å². The van der Waals surface area contributed by atoms with Gasteiger partial charge in [-0.15, -0.1) is 0 Å². The first-order valence-electron chi connectivity index (χ1n) is 2.97. The van der Waals surface area contributed by atoms with E-state index in [4.69, 9.17) is 5.73 Å². The molecule has 1 aliphatic rings. The molecule has 1 fully saturated rings. The van der Waals surface area contributed by atoms with E-state index in [0.717, 1.165) is 6.42 Å². The second kappa shape index (κ2) is 4.37. The monoisotopic (exact) mass is 153 g/mol. The molecule has 1 rings (SSSR count). The summed E-state index contributed by atoms with van der Waals surface area (Å²) in [6.45, 7) is 0. The van der Waals surface area contributed by atoms with Gasteiger partial charge in [0.05, 0.1) is 0 Å².